The summed E-state index contributed by atoms with van der Waals surface area (Å²) in [6.45, 7) is 17.0. The van der Waals surface area contributed by atoms with E-state index in [0.717, 1.165) is 0 Å². The van der Waals surface area contributed by atoms with Crippen molar-refractivity contribution in [1.29, 1.82) is 0 Å². The van der Waals surface area contributed by atoms with Crippen LogP contribution in [-0.2, 0) is 17.7 Å². The summed E-state index contributed by atoms with van der Waals surface area (Å²) < 4.78 is 22.2. The standard InChI is InChI=1S/C12H23NO4Si/c1-10(2)15-18(16-11(3)4,17-12(5)6)14-9-7-8-13/h1,3,5,7-9,13H2,2,4,6H3. The molecule has 0 unspecified atom stereocenters. The van der Waals surface area contributed by atoms with Crippen molar-refractivity contribution >= 4 is 9.05 Å². The van der Waals surface area contributed by atoms with Crippen LogP contribution in [0.1, 0.15) is 27.2 Å². The fourth-order valence-corrected chi connectivity index (χ4v) is 3.05. The molecule has 0 atom stereocenters. The summed E-state index contributed by atoms with van der Waals surface area (Å²) in [4.78, 5) is 0. The minimum absolute atomic E-state index is 0.372. The fourth-order valence-electron chi connectivity index (χ4n) is 1.07. The molecule has 0 heterocycles. The molecule has 5 nitrogen and oxygen atoms in total. The van der Waals surface area contributed by atoms with Crippen molar-refractivity contribution in [1.82, 2.24) is 0 Å². The Hall–Kier alpha value is -1.24. The predicted molar refractivity (Wildman–Crippen MR) is 73.1 cm³/mol. The molecule has 0 fully saturated rings. The number of nitrogens with two attached hydrogens (primary N) is 1. The van der Waals surface area contributed by atoms with E-state index in [-0.39, 0.29) is 0 Å². The van der Waals surface area contributed by atoms with Crippen molar-refractivity contribution in [3.8, 4) is 0 Å². The van der Waals surface area contributed by atoms with E-state index in [9.17, 15) is 0 Å². The third kappa shape index (κ3) is 7.15. The quantitative estimate of drug-likeness (QED) is 0.376. The summed E-state index contributed by atoms with van der Waals surface area (Å²) in [6, 6.07) is 0. The van der Waals surface area contributed by atoms with E-state index >= 15 is 0 Å². The Morgan fingerprint density at radius 2 is 1.33 bits per heavy atom. The average Bonchev–Trinajstić information content (AvgIpc) is 2.13. The second kappa shape index (κ2) is 7.96. The highest BCUT2D eigenvalue weighted by Gasteiger charge is 2.54. The van der Waals surface area contributed by atoms with Gasteiger partial charge in [0.15, 0.2) is 0 Å². The van der Waals surface area contributed by atoms with Gasteiger partial charge in [0.05, 0.1) is 17.3 Å². The molecule has 0 spiro atoms. The summed E-state index contributed by atoms with van der Waals surface area (Å²) in [5.41, 5.74) is 5.42. The molecule has 0 aromatic heterocycles. The lowest BCUT2D eigenvalue weighted by atomic mass is 10.5. The van der Waals surface area contributed by atoms with Crippen molar-refractivity contribution in [2.75, 3.05) is 13.2 Å². The maximum absolute atomic E-state index is 5.61. The molecule has 6 heteroatoms. The van der Waals surface area contributed by atoms with Gasteiger partial charge in [0, 0.05) is 6.61 Å². The lowest BCUT2D eigenvalue weighted by Crippen LogP contribution is -2.48. The van der Waals surface area contributed by atoms with Gasteiger partial charge in [0.2, 0.25) is 0 Å². The van der Waals surface area contributed by atoms with Crippen LogP contribution in [0.2, 0.25) is 0 Å². The van der Waals surface area contributed by atoms with Crippen LogP contribution in [0, 0.1) is 0 Å². The van der Waals surface area contributed by atoms with Crippen LogP contribution in [0.4, 0.5) is 0 Å². The topological polar surface area (TPSA) is 62.9 Å². The van der Waals surface area contributed by atoms with Gasteiger partial charge in [-0.25, -0.2) is 0 Å². The van der Waals surface area contributed by atoms with Crippen LogP contribution < -0.4 is 5.73 Å². The molecule has 2 N–H and O–H groups in total. The van der Waals surface area contributed by atoms with E-state index in [1.807, 2.05) is 0 Å². The molecule has 0 aliphatic rings. The summed E-state index contributed by atoms with van der Waals surface area (Å²) in [6.07, 6.45) is 0.674. The number of allylic oxidation sites excluding steroid dienone is 3. The first-order valence-corrected chi connectivity index (χ1v) is 7.32. The van der Waals surface area contributed by atoms with Gasteiger partial charge in [0.1, 0.15) is 0 Å². The Balaban J connectivity index is 4.90. The van der Waals surface area contributed by atoms with Crippen LogP contribution in [0.3, 0.4) is 0 Å². The highest BCUT2D eigenvalue weighted by molar-refractivity contribution is 6.54. The molecular formula is C12H23NO4Si. The molecule has 0 saturated heterocycles. The van der Waals surface area contributed by atoms with Crippen LogP contribution in [0.5, 0.6) is 0 Å². The molecular weight excluding hydrogens is 250 g/mol. The zero-order valence-corrected chi connectivity index (χ0v) is 12.5. The monoisotopic (exact) mass is 273 g/mol. The third-order valence-electron chi connectivity index (χ3n) is 1.52. The molecule has 0 aliphatic heterocycles. The molecule has 18 heavy (non-hydrogen) atoms. The number of hydrogen-bond acceptors (Lipinski definition) is 5. The lowest BCUT2D eigenvalue weighted by Gasteiger charge is -2.28. The Morgan fingerprint density at radius 3 is 1.61 bits per heavy atom. The molecule has 0 saturated carbocycles. The Labute approximate surface area is 110 Å². The minimum Gasteiger partial charge on any atom is -0.467 e. The van der Waals surface area contributed by atoms with Gasteiger partial charge >= 0.3 is 9.05 Å². The van der Waals surface area contributed by atoms with Gasteiger partial charge < -0.3 is 23.4 Å². The van der Waals surface area contributed by atoms with Crippen molar-refractivity contribution in [2.45, 2.75) is 27.2 Å². The van der Waals surface area contributed by atoms with E-state index in [1.54, 1.807) is 20.8 Å². The molecule has 0 amide bonds. The molecule has 104 valence electrons. The van der Waals surface area contributed by atoms with Gasteiger partial charge in [-0.05, 0) is 33.7 Å². The minimum atomic E-state index is -3.38. The first kappa shape index (κ1) is 16.8. The van der Waals surface area contributed by atoms with Gasteiger partial charge in [-0.15, -0.1) is 0 Å². The predicted octanol–water partition coefficient (Wildman–Crippen LogP) is 2.44. The van der Waals surface area contributed by atoms with Crippen molar-refractivity contribution in [3.05, 3.63) is 37.0 Å². The Bertz CT molecular complexity index is 276. The molecule has 0 bridgehead atoms. The normalized spacial score (nSPS) is 10.7. The smallest absolute Gasteiger partial charge is 0.467 e. The highest BCUT2D eigenvalue weighted by Crippen LogP contribution is 2.21. The summed E-state index contributed by atoms with van der Waals surface area (Å²) in [7, 11) is -3.38. The number of hydrogen-bond donors (Lipinski definition) is 1. The molecule has 0 aromatic carbocycles. The van der Waals surface area contributed by atoms with Gasteiger partial charge in [0.25, 0.3) is 0 Å². The number of rotatable bonds is 10. The summed E-state index contributed by atoms with van der Waals surface area (Å²) >= 11 is 0. The van der Waals surface area contributed by atoms with E-state index in [4.69, 9.17) is 23.4 Å². The SMILES string of the molecule is C=C(C)O[Si](OCCCN)(OC(=C)C)OC(=C)C. The maximum Gasteiger partial charge on any atom is 0.892 e. The summed E-state index contributed by atoms with van der Waals surface area (Å²) in [5, 5.41) is 0. The van der Waals surface area contributed by atoms with Crippen LogP contribution in [0.15, 0.2) is 37.0 Å². The highest BCUT2D eigenvalue weighted by atomic mass is 28.4. The molecule has 0 rings (SSSR count). The van der Waals surface area contributed by atoms with Crippen LogP contribution in [-0.4, -0.2) is 22.2 Å². The van der Waals surface area contributed by atoms with E-state index in [0.29, 0.717) is 36.8 Å². The van der Waals surface area contributed by atoms with Crippen LogP contribution >= 0.6 is 0 Å². The van der Waals surface area contributed by atoms with Crippen LogP contribution in [0.25, 0.3) is 0 Å². The fraction of sp³-hybridized carbons (Fsp3) is 0.500. The average molecular weight is 273 g/mol. The molecule has 0 radical (unpaired) electrons. The third-order valence-corrected chi connectivity index (χ3v) is 3.88. The zero-order chi connectivity index (χ0) is 14.2. The van der Waals surface area contributed by atoms with Gasteiger partial charge in [-0.2, -0.15) is 0 Å². The molecule has 0 aliphatic carbocycles. The maximum atomic E-state index is 5.61. The largest absolute Gasteiger partial charge is 0.892 e. The summed E-state index contributed by atoms with van der Waals surface area (Å²) in [5.74, 6) is 1.32. The first-order chi connectivity index (χ1) is 8.31. The lowest BCUT2D eigenvalue weighted by molar-refractivity contribution is 0.0207. The Morgan fingerprint density at radius 1 is 0.944 bits per heavy atom. The Kier molecular flexibility index (Phi) is 7.41. The van der Waals surface area contributed by atoms with E-state index in [1.165, 1.54) is 0 Å². The van der Waals surface area contributed by atoms with Crippen molar-refractivity contribution in [2.24, 2.45) is 5.73 Å². The van der Waals surface area contributed by atoms with E-state index < -0.39 is 9.05 Å². The van der Waals surface area contributed by atoms with Crippen molar-refractivity contribution < 1.29 is 17.7 Å². The van der Waals surface area contributed by atoms with Crippen molar-refractivity contribution in [3.63, 3.8) is 0 Å². The zero-order valence-electron chi connectivity index (χ0n) is 11.5. The second-order valence-electron chi connectivity index (χ2n) is 3.90. The van der Waals surface area contributed by atoms with E-state index in [2.05, 4.69) is 19.7 Å². The second-order valence-corrected chi connectivity index (χ2v) is 5.80. The van der Waals surface area contributed by atoms with Gasteiger partial charge in [-0.3, -0.25) is 0 Å². The molecule has 0 aromatic rings. The first-order valence-electron chi connectivity index (χ1n) is 5.69. The van der Waals surface area contributed by atoms with Gasteiger partial charge in [-0.1, -0.05) is 19.7 Å².